The Morgan fingerprint density at radius 3 is 2.73 bits per heavy atom. The van der Waals surface area contributed by atoms with Gasteiger partial charge in [0.1, 0.15) is 0 Å². The Bertz CT molecular complexity index is 526. The Morgan fingerprint density at radius 1 is 1.09 bits per heavy atom. The summed E-state index contributed by atoms with van der Waals surface area (Å²) in [5.74, 6) is 0. The van der Waals surface area contributed by atoms with Crippen LogP contribution in [0, 0.1) is 0 Å². The zero-order chi connectivity index (χ0) is 15.7. The summed E-state index contributed by atoms with van der Waals surface area (Å²) in [5, 5.41) is 0. The molecule has 2 heteroatoms. The molecule has 0 spiro atoms. The van der Waals surface area contributed by atoms with Gasteiger partial charge < -0.3 is 9.47 Å². The quantitative estimate of drug-likeness (QED) is 0.458. The number of allylic oxidation sites excluding steroid dienone is 3. The molecule has 0 aromatic carbocycles. The molecular weight excluding hydrogens is 272 g/mol. The summed E-state index contributed by atoms with van der Waals surface area (Å²) >= 11 is 0. The third-order valence-electron chi connectivity index (χ3n) is 5.57. The van der Waals surface area contributed by atoms with Crippen molar-refractivity contribution < 1.29 is 9.47 Å². The summed E-state index contributed by atoms with van der Waals surface area (Å²) in [6, 6.07) is 0. The van der Waals surface area contributed by atoms with Crippen molar-refractivity contribution in [3.8, 4) is 0 Å². The SMILES string of the molecule is CC1=C[C@H]2OCC(C)=C2CC/C(C)=C/CC[C@]2(C)O[C@H]2CC1. The summed E-state index contributed by atoms with van der Waals surface area (Å²) in [4.78, 5) is 0. The molecule has 2 aliphatic heterocycles. The van der Waals surface area contributed by atoms with Crippen molar-refractivity contribution in [1.82, 2.24) is 0 Å². The Hall–Kier alpha value is -0.860. The van der Waals surface area contributed by atoms with Crippen LogP contribution in [0.3, 0.4) is 0 Å². The second kappa shape index (κ2) is 6.33. The van der Waals surface area contributed by atoms with Gasteiger partial charge in [-0.05, 0) is 77.4 Å². The molecule has 22 heavy (non-hydrogen) atoms. The lowest BCUT2D eigenvalue weighted by Crippen LogP contribution is -2.11. The molecule has 122 valence electrons. The van der Waals surface area contributed by atoms with Crippen LogP contribution in [0.4, 0.5) is 0 Å². The van der Waals surface area contributed by atoms with Gasteiger partial charge >= 0.3 is 0 Å². The first-order valence-electron chi connectivity index (χ1n) is 8.79. The molecule has 3 rings (SSSR count). The fraction of sp³-hybridized carbons (Fsp3) is 0.700. The van der Waals surface area contributed by atoms with Crippen molar-refractivity contribution in [3.05, 3.63) is 34.4 Å². The van der Waals surface area contributed by atoms with Gasteiger partial charge in [-0.15, -0.1) is 0 Å². The van der Waals surface area contributed by atoms with Gasteiger partial charge in [0, 0.05) is 0 Å². The highest BCUT2D eigenvalue weighted by molar-refractivity contribution is 5.29. The molecule has 0 saturated carbocycles. The van der Waals surface area contributed by atoms with E-state index in [4.69, 9.17) is 9.47 Å². The molecule has 3 aliphatic rings. The molecule has 2 heterocycles. The van der Waals surface area contributed by atoms with Crippen molar-refractivity contribution in [2.75, 3.05) is 6.61 Å². The largest absolute Gasteiger partial charge is 0.366 e. The summed E-state index contributed by atoms with van der Waals surface area (Å²) < 4.78 is 12.0. The van der Waals surface area contributed by atoms with Crippen molar-refractivity contribution >= 4 is 0 Å². The molecule has 0 bridgehead atoms. The van der Waals surface area contributed by atoms with Crippen molar-refractivity contribution in [3.63, 3.8) is 0 Å². The minimum atomic E-state index is 0.132. The van der Waals surface area contributed by atoms with Gasteiger partial charge in [0.25, 0.3) is 0 Å². The predicted octanol–water partition coefficient (Wildman–Crippen LogP) is 5.11. The van der Waals surface area contributed by atoms with Crippen LogP contribution in [0.5, 0.6) is 0 Å². The average molecular weight is 302 g/mol. The van der Waals surface area contributed by atoms with Crippen LogP contribution in [-0.4, -0.2) is 24.4 Å². The van der Waals surface area contributed by atoms with Gasteiger partial charge in [0.15, 0.2) is 0 Å². The third kappa shape index (κ3) is 3.55. The fourth-order valence-electron chi connectivity index (χ4n) is 3.77. The van der Waals surface area contributed by atoms with Crippen molar-refractivity contribution in [2.45, 2.75) is 84.0 Å². The Morgan fingerprint density at radius 2 is 1.91 bits per heavy atom. The Balaban J connectivity index is 1.76. The maximum atomic E-state index is 5.99. The molecular formula is C20H30O2. The Kier molecular flexibility index (Phi) is 4.61. The van der Waals surface area contributed by atoms with E-state index in [1.807, 2.05) is 0 Å². The molecule has 0 radical (unpaired) electrons. The highest BCUT2D eigenvalue weighted by Crippen LogP contribution is 2.43. The van der Waals surface area contributed by atoms with E-state index >= 15 is 0 Å². The first-order chi connectivity index (χ1) is 10.5. The van der Waals surface area contributed by atoms with Gasteiger partial charge in [0.05, 0.1) is 24.4 Å². The van der Waals surface area contributed by atoms with Crippen LogP contribution in [0.2, 0.25) is 0 Å². The molecule has 1 fully saturated rings. The second-order valence-electron chi connectivity index (χ2n) is 7.60. The number of hydrogen-bond donors (Lipinski definition) is 0. The first kappa shape index (κ1) is 16.0. The summed E-state index contributed by atoms with van der Waals surface area (Å²) in [6.07, 6.45) is 12.3. The standard InChI is InChI=1S/C20H30O2/c1-14-6-5-11-20(4)19(22-20)10-8-15(2)12-18-17(9-7-14)16(3)13-21-18/h6,12,18-19H,5,7-11,13H2,1-4H3/b14-6+,15-12?/t18-,19+,20+/m1/s1. The molecule has 1 saturated heterocycles. The van der Waals surface area contributed by atoms with E-state index in [1.165, 1.54) is 22.3 Å². The number of hydrogen-bond acceptors (Lipinski definition) is 2. The van der Waals surface area contributed by atoms with Crippen LogP contribution in [0.25, 0.3) is 0 Å². The van der Waals surface area contributed by atoms with Crippen LogP contribution in [-0.2, 0) is 9.47 Å². The van der Waals surface area contributed by atoms with E-state index in [9.17, 15) is 0 Å². The van der Waals surface area contributed by atoms with Gasteiger partial charge in [-0.25, -0.2) is 0 Å². The number of fused-ring (bicyclic) bond motifs is 2. The minimum absolute atomic E-state index is 0.132. The number of epoxide rings is 1. The van der Waals surface area contributed by atoms with Crippen molar-refractivity contribution in [1.29, 1.82) is 0 Å². The first-order valence-corrected chi connectivity index (χ1v) is 8.79. The average Bonchev–Trinajstić information content (AvgIpc) is 2.98. The molecule has 0 N–H and O–H groups in total. The van der Waals surface area contributed by atoms with E-state index < -0.39 is 0 Å². The maximum Gasteiger partial charge on any atom is 0.0977 e. The smallest absolute Gasteiger partial charge is 0.0977 e. The molecule has 0 unspecified atom stereocenters. The van der Waals surface area contributed by atoms with Gasteiger partial charge in [0.2, 0.25) is 0 Å². The van der Waals surface area contributed by atoms with Gasteiger partial charge in [-0.2, -0.15) is 0 Å². The van der Waals surface area contributed by atoms with E-state index in [2.05, 4.69) is 39.8 Å². The van der Waals surface area contributed by atoms with Crippen LogP contribution < -0.4 is 0 Å². The lowest BCUT2D eigenvalue weighted by Gasteiger charge is -2.14. The van der Waals surface area contributed by atoms with Crippen LogP contribution in [0.15, 0.2) is 34.4 Å². The predicted molar refractivity (Wildman–Crippen MR) is 90.9 cm³/mol. The van der Waals surface area contributed by atoms with Gasteiger partial charge in [-0.3, -0.25) is 0 Å². The maximum absolute atomic E-state index is 5.99. The van der Waals surface area contributed by atoms with Gasteiger partial charge in [-0.1, -0.05) is 23.3 Å². The highest BCUT2D eigenvalue weighted by Gasteiger charge is 2.50. The summed E-state index contributed by atoms with van der Waals surface area (Å²) in [7, 11) is 0. The third-order valence-corrected chi connectivity index (χ3v) is 5.57. The fourth-order valence-corrected chi connectivity index (χ4v) is 3.77. The molecule has 1 aliphatic carbocycles. The number of ether oxygens (including phenoxy) is 2. The lowest BCUT2D eigenvalue weighted by atomic mass is 9.93. The van der Waals surface area contributed by atoms with E-state index in [-0.39, 0.29) is 11.7 Å². The van der Waals surface area contributed by atoms with E-state index in [0.717, 1.165) is 45.1 Å². The van der Waals surface area contributed by atoms with Crippen molar-refractivity contribution in [2.24, 2.45) is 0 Å². The molecule has 3 atom stereocenters. The highest BCUT2D eigenvalue weighted by atomic mass is 16.6. The topological polar surface area (TPSA) is 21.8 Å². The zero-order valence-corrected chi connectivity index (χ0v) is 14.6. The lowest BCUT2D eigenvalue weighted by molar-refractivity contribution is 0.150. The summed E-state index contributed by atoms with van der Waals surface area (Å²) in [6.45, 7) is 9.81. The number of rotatable bonds is 0. The molecule has 2 nitrogen and oxygen atoms in total. The van der Waals surface area contributed by atoms with Crippen LogP contribution in [0.1, 0.15) is 66.2 Å². The molecule has 0 aromatic heterocycles. The van der Waals surface area contributed by atoms with E-state index in [1.54, 1.807) is 0 Å². The monoisotopic (exact) mass is 302 g/mol. The molecule has 0 aromatic rings. The minimum Gasteiger partial charge on any atom is -0.366 e. The second-order valence-corrected chi connectivity index (χ2v) is 7.60. The Labute approximate surface area is 135 Å². The molecule has 0 amide bonds. The summed E-state index contributed by atoms with van der Waals surface area (Å²) in [5.41, 5.74) is 6.03. The van der Waals surface area contributed by atoms with E-state index in [0.29, 0.717) is 6.10 Å². The van der Waals surface area contributed by atoms with Crippen LogP contribution >= 0.6 is 0 Å². The normalized spacial score (nSPS) is 39.3. The zero-order valence-electron chi connectivity index (χ0n) is 14.6.